The van der Waals surface area contributed by atoms with Gasteiger partial charge in [0.15, 0.2) is 5.82 Å². The third-order valence-electron chi connectivity index (χ3n) is 3.55. The summed E-state index contributed by atoms with van der Waals surface area (Å²) in [5.74, 6) is 2.39. The number of nitrogen functional groups attached to an aromatic ring is 1. The van der Waals surface area contributed by atoms with Crippen LogP contribution in [-0.4, -0.2) is 9.97 Å². The molecule has 1 aromatic heterocycles. The van der Waals surface area contributed by atoms with Crippen molar-refractivity contribution < 1.29 is 0 Å². The molecule has 0 unspecified atom stereocenters. The lowest BCUT2D eigenvalue weighted by molar-refractivity contribution is 0.818. The van der Waals surface area contributed by atoms with E-state index in [1.807, 2.05) is 6.07 Å². The van der Waals surface area contributed by atoms with E-state index in [-0.39, 0.29) is 0 Å². The van der Waals surface area contributed by atoms with Crippen LogP contribution in [0.4, 0.5) is 5.82 Å². The molecular weight excluding hydrogens is 234 g/mol. The van der Waals surface area contributed by atoms with E-state index in [0.29, 0.717) is 11.7 Å². The zero-order valence-electron chi connectivity index (χ0n) is 11.4. The number of hydrogen-bond donors (Lipinski definition) is 1. The quantitative estimate of drug-likeness (QED) is 0.906. The molecule has 3 heteroatoms. The molecule has 0 atom stereocenters. The van der Waals surface area contributed by atoms with Crippen molar-refractivity contribution in [3.8, 4) is 11.4 Å². The predicted molar refractivity (Wildman–Crippen MR) is 77.9 cm³/mol. The van der Waals surface area contributed by atoms with Gasteiger partial charge in [0.2, 0.25) is 0 Å². The van der Waals surface area contributed by atoms with Crippen molar-refractivity contribution in [3.63, 3.8) is 0 Å². The fourth-order valence-electron chi connectivity index (χ4n) is 2.26. The molecule has 1 aliphatic rings. The van der Waals surface area contributed by atoms with Gasteiger partial charge in [-0.3, -0.25) is 0 Å². The molecular formula is C16H19N3. The van der Waals surface area contributed by atoms with Gasteiger partial charge in [-0.05, 0) is 36.3 Å². The summed E-state index contributed by atoms with van der Waals surface area (Å²) in [5.41, 5.74) is 9.36. The molecule has 0 radical (unpaired) electrons. The highest BCUT2D eigenvalue weighted by Gasteiger charge is 2.23. The second-order valence-electron chi connectivity index (χ2n) is 5.60. The summed E-state index contributed by atoms with van der Waals surface area (Å²) in [5, 5.41) is 0. The Hall–Kier alpha value is -1.90. The maximum atomic E-state index is 5.89. The fourth-order valence-corrected chi connectivity index (χ4v) is 2.26. The van der Waals surface area contributed by atoms with Crippen molar-refractivity contribution in [2.45, 2.75) is 38.5 Å². The fraction of sp³-hybridized carbons (Fsp3) is 0.375. The van der Waals surface area contributed by atoms with Crippen LogP contribution in [-0.2, 0) is 0 Å². The van der Waals surface area contributed by atoms with Gasteiger partial charge < -0.3 is 5.73 Å². The largest absolute Gasteiger partial charge is 0.384 e. The molecule has 2 aromatic rings. The van der Waals surface area contributed by atoms with Gasteiger partial charge in [-0.1, -0.05) is 32.0 Å². The lowest BCUT2D eigenvalue weighted by Gasteiger charge is -2.09. The zero-order chi connectivity index (χ0) is 13.4. The minimum atomic E-state index is 0.357. The number of nitrogens with two attached hydrogens (primary N) is 1. The van der Waals surface area contributed by atoms with Gasteiger partial charge in [-0.2, -0.15) is 0 Å². The van der Waals surface area contributed by atoms with E-state index in [4.69, 9.17) is 5.73 Å². The lowest BCUT2D eigenvalue weighted by atomic mass is 10.1. The van der Waals surface area contributed by atoms with Gasteiger partial charge in [0.05, 0.1) is 0 Å². The minimum absolute atomic E-state index is 0.357. The smallest absolute Gasteiger partial charge is 0.161 e. The maximum Gasteiger partial charge on any atom is 0.161 e. The Balaban J connectivity index is 2.03. The first-order valence-corrected chi connectivity index (χ1v) is 6.88. The number of aromatic nitrogens is 2. The first-order valence-electron chi connectivity index (χ1n) is 6.88. The van der Waals surface area contributed by atoms with E-state index < -0.39 is 0 Å². The molecule has 2 N–H and O–H groups in total. The van der Waals surface area contributed by atoms with E-state index >= 15 is 0 Å². The number of anilines is 1. The molecule has 1 heterocycles. The first kappa shape index (κ1) is 12.2. The third kappa shape index (κ3) is 2.60. The molecule has 0 spiro atoms. The molecule has 3 nitrogen and oxygen atoms in total. The Labute approximate surface area is 113 Å². The number of hydrogen-bond acceptors (Lipinski definition) is 3. The maximum absolute atomic E-state index is 5.89. The Bertz CT molecular complexity index is 601. The average molecular weight is 253 g/mol. The number of benzene rings is 1. The third-order valence-corrected chi connectivity index (χ3v) is 3.55. The van der Waals surface area contributed by atoms with E-state index in [0.717, 1.165) is 23.0 Å². The lowest BCUT2D eigenvalue weighted by Crippen LogP contribution is -2.01. The van der Waals surface area contributed by atoms with Crippen LogP contribution in [0.15, 0.2) is 30.3 Å². The highest BCUT2D eigenvalue weighted by atomic mass is 14.9. The summed E-state index contributed by atoms with van der Waals surface area (Å²) in [6, 6.07) is 10.4. The summed E-state index contributed by atoms with van der Waals surface area (Å²) >= 11 is 0. The van der Waals surface area contributed by atoms with Gasteiger partial charge >= 0.3 is 0 Å². The standard InChI is InChI=1S/C16H19N3/c1-10(2)14-9-15(17)19-16(18-14)13-5-3-4-12(8-13)11-6-7-11/h3-5,8-11H,6-7H2,1-2H3,(H2,17,18,19). The van der Waals surface area contributed by atoms with Gasteiger partial charge in [-0.15, -0.1) is 0 Å². The molecule has 0 saturated heterocycles. The SMILES string of the molecule is CC(C)c1cc(N)nc(-c2cccc(C3CC3)c2)n1. The summed E-state index contributed by atoms with van der Waals surface area (Å²) in [6.45, 7) is 4.23. The monoisotopic (exact) mass is 253 g/mol. The summed E-state index contributed by atoms with van der Waals surface area (Å²) in [4.78, 5) is 9.01. The second-order valence-corrected chi connectivity index (χ2v) is 5.60. The van der Waals surface area contributed by atoms with Crippen LogP contribution in [0.2, 0.25) is 0 Å². The number of nitrogens with zero attached hydrogens (tertiary/aromatic N) is 2. The summed E-state index contributed by atoms with van der Waals surface area (Å²) < 4.78 is 0. The Morgan fingerprint density at radius 3 is 2.63 bits per heavy atom. The predicted octanol–water partition coefficient (Wildman–Crippen LogP) is 3.73. The molecule has 1 aromatic carbocycles. The van der Waals surface area contributed by atoms with Crippen LogP contribution in [0, 0.1) is 0 Å². The molecule has 98 valence electrons. The molecule has 1 fully saturated rings. The molecule has 0 bridgehead atoms. The molecule has 19 heavy (non-hydrogen) atoms. The van der Waals surface area contributed by atoms with E-state index in [2.05, 4.69) is 48.1 Å². The van der Waals surface area contributed by atoms with Crippen molar-refractivity contribution in [2.75, 3.05) is 5.73 Å². The van der Waals surface area contributed by atoms with Crippen molar-refractivity contribution in [2.24, 2.45) is 0 Å². The van der Waals surface area contributed by atoms with Gasteiger partial charge in [0, 0.05) is 17.3 Å². The Kier molecular flexibility index (Phi) is 2.97. The van der Waals surface area contributed by atoms with Crippen LogP contribution in [0.1, 0.15) is 49.8 Å². The zero-order valence-corrected chi connectivity index (χ0v) is 11.4. The highest BCUT2D eigenvalue weighted by molar-refractivity contribution is 5.58. The van der Waals surface area contributed by atoms with E-state index in [9.17, 15) is 0 Å². The topological polar surface area (TPSA) is 51.8 Å². The molecule has 3 rings (SSSR count). The van der Waals surface area contributed by atoms with Crippen LogP contribution in [0.5, 0.6) is 0 Å². The molecule has 1 saturated carbocycles. The Morgan fingerprint density at radius 2 is 1.95 bits per heavy atom. The van der Waals surface area contributed by atoms with Crippen LogP contribution in [0.25, 0.3) is 11.4 Å². The molecule has 1 aliphatic carbocycles. The van der Waals surface area contributed by atoms with E-state index in [1.165, 1.54) is 18.4 Å². The van der Waals surface area contributed by atoms with Crippen molar-refractivity contribution in [1.82, 2.24) is 9.97 Å². The summed E-state index contributed by atoms with van der Waals surface area (Å²) in [6.07, 6.45) is 2.61. The van der Waals surface area contributed by atoms with Crippen molar-refractivity contribution >= 4 is 5.82 Å². The van der Waals surface area contributed by atoms with Gasteiger partial charge in [0.25, 0.3) is 0 Å². The van der Waals surface area contributed by atoms with Crippen molar-refractivity contribution in [1.29, 1.82) is 0 Å². The average Bonchev–Trinajstić information content (AvgIpc) is 3.22. The highest BCUT2D eigenvalue weighted by Crippen LogP contribution is 2.40. The Morgan fingerprint density at radius 1 is 1.16 bits per heavy atom. The van der Waals surface area contributed by atoms with Crippen LogP contribution in [0.3, 0.4) is 0 Å². The summed E-state index contributed by atoms with van der Waals surface area (Å²) in [7, 11) is 0. The molecule has 0 amide bonds. The van der Waals surface area contributed by atoms with E-state index in [1.54, 1.807) is 0 Å². The van der Waals surface area contributed by atoms with Gasteiger partial charge in [-0.25, -0.2) is 9.97 Å². The number of rotatable bonds is 3. The van der Waals surface area contributed by atoms with Crippen molar-refractivity contribution in [3.05, 3.63) is 41.6 Å². The second kappa shape index (κ2) is 4.65. The normalized spacial score (nSPS) is 14.9. The van der Waals surface area contributed by atoms with Gasteiger partial charge in [0.1, 0.15) is 5.82 Å². The molecule has 0 aliphatic heterocycles. The van der Waals surface area contributed by atoms with Crippen LogP contribution >= 0.6 is 0 Å². The van der Waals surface area contributed by atoms with Crippen LogP contribution < -0.4 is 5.73 Å². The first-order chi connectivity index (χ1) is 9.13. The minimum Gasteiger partial charge on any atom is -0.384 e.